The minimum Gasteiger partial charge on any atom is -0.371 e. The summed E-state index contributed by atoms with van der Waals surface area (Å²) in [4.78, 5) is 0. The fourth-order valence-corrected chi connectivity index (χ4v) is 1.73. The van der Waals surface area contributed by atoms with Crippen molar-refractivity contribution in [3.05, 3.63) is 35.9 Å². The lowest BCUT2D eigenvalue weighted by Gasteiger charge is -2.25. The van der Waals surface area contributed by atoms with Crippen LogP contribution in [-0.2, 0) is 11.3 Å². The quantitative estimate of drug-likeness (QED) is 0.612. The van der Waals surface area contributed by atoms with Crippen molar-refractivity contribution < 1.29 is 4.74 Å². The molecular formula is C15H24O. The average molecular weight is 220 g/mol. The maximum Gasteiger partial charge on any atom is 0.0724 e. The third kappa shape index (κ3) is 5.32. The topological polar surface area (TPSA) is 9.23 Å². The number of unbranched alkanes of at least 4 members (excludes halogenated alkanes) is 2. The van der Waals surface area contributed by atoms with Crippen molar-refractivity contribution in [3.63, 3.8) is 0 Å². The Labute approximate surface area is 99.8 Å². The Morgan fingerprint density at radius 2 is 1.75 bits per heavy atom. The summed E-state index contributed by atoms with van der Waals surface area (Å²) in [5.41, 5.74) is 1.26. The third-order valence-electron chi connectivity index (χ3n) is 2.85. The highest BCUT2D eigenvalue weighted by Gasteiger charge is 2.17. The average Bonchev–Trinajstić information content (AvgIpc) is 2.28. The molecule has 0 saturated heterocycles. The molecule has 0 bridgehead atoms. The van der Waals surface area contributed by atoms with E-state index in [0.29, 0.717) is 0 Å². The molecule has 0 spiro atoms. The number of hydrogen-bond acceptors (Lipinski definition) is 1. The lowest BCUT2D eigenvalue weighted by molar-refractivity contribution is -0.0364. The normalized spacial score (nSPS) is 11.7. The first-order valence-electron chi connectivity index (χ1n) is 6.32. The van der Waals surface area contributed by atoms with E-state index in [1.165, 1.54) is 24.8 Å². The van der Waals surface area contributed by atoms with Crippen LogP contribution in [-0.4, -0.2) is 5.60 Å². The van der Waals surface area contributed by atoms with Gasteiger partial charge < -0.3 is 4.74 Å². The minimum atomic E-state index is 0.00497. The van der Waals surface area contributed by atoms with Gasteiger partial charge in [0.1, 0.15) is 0 Å². The molecule has 0 saturated carbocycles. The van der Waals surface area contributed by atoms with E-state index in [4.69, 9.17) is 4.74 Å². The third-order valence-corrected chi connectivity index (χ3v) is 2.85. The summed E-state index contributed by atoms with van der Waals surface area (Å²) in [6.07, 6.45) is 4.98. The molecule has 0 unspecified atom stereocenters. The first kappa shape index (κ1) is 13.2. The summed E-state index contributed by atoms with van der Waals surface area (Å²) in [6.45, 7) is 7.33. The van der Waals surface area contributed by atoms with E-state index in [0.717, 1.165) is 13.0 Å². The van der Waals surface area contributed by atoms with Crippen molar-refractivity contribution in [2.75, 3.05) is 0 Å². The predicted molar refractivity (Wildman–Crippen MR) is 69.5 cm³/mol. The van der Waals surface area contributed by atoms with Crippen molar-refractivity contribution in [1.82, 2.24) is 0 Å². The maximum atomic E-state index is 5.96. The Hall–Kier alpha value is -0.820. The standard InChI is InChI=1S/C15H24O/c1-4-5-9-12-15(2,3)16-13-14-10-7-6-8-11-14/h6-8,10-11H,4-5,9,12-13H2,1-3H3. The summed E-state index contributed by atoms with van der Waals surface area (Å²) >= 11 is 0. The molecule has 1 aromatic carbocycles. The van der Waals surface area contributed by atoms with Gasteiger partial charge in [0.2, 0.25) is 0 Å². The highest BCUT2D eigenvalue weighted by Crippen LogP contribution is 2.20. The molecule has 0 atom stereocenters. The summed E-state index contributed by atoms with van der Waals surface area (Å²) in [5, 5.41) is 0. The summed E-state index contributed by atoms with van der Waals surface area (Å²) in [7, 11) is 0. The lowest BCUT2D eigenvalue weighted by Crippen LogP contribution is -2.24. The molecule has 0 fully saturated rings. The molecule has 1 aromatic rings. The van der Waals surface area contributed by atoms with Crippen LogP contribution in [0.25, 0.3) is 0 Å². The van der Waals surface area contributed by atoms with Gasteiger partial charge in [0.25, 0.3) is 0 Å². The highest BCUT2D eigenvalue weighted by atomic mass is 16.5. The first-order valence-corrected chi connectivity index (χ1v) is 6.32. The van der Waals surface area contributed by atoms with Crippen LogP contribution in [0.15, 0.2) is 30.3 Å². The van der Waals surface area contributed by atoms with Crippen LogP contribution in [0.5, 0.6) is 0 Å². The van der Waals surface area contributed by atoms with Crippen molar-refractivity contribution in [3.8, 4) is 0 Å². The molecule has 1 rings (SSSR count). The zero-order valence-electron chi connectivity index (χ0n) is 10.8. The largest absolute Gasteiger partial charge is 0.371 e. The van der Waals surface area contributed by atoms with Crippen molar-refractivity contribution >= 4 is 0 Å². The van der Waals surface area contributed by atoms with Gasteiger partial charge in [-0.25, -0.2) is 0 Å². The molecule has 16 heavy (non-hydrogen) atoms. The van der Waals surface area contributed by atoms with E-state index in [-0.39, 0.29) is 5.60 Å². The Kier molecular flexibility index (Phi) is 5.54. The Bertz CT molecular complexity index is 277. The minimum absolute atomic E-state index is 0.00497. The van der Waals surface area contributed by atoms with Crippen LogP contribution in [0.3, 0.4) is 0 Å². The molecule has 0 heterocycles. The van der Waals surface area contributed by atoms with Gasteiger partial charge in [0, 0.05) is 0 Å². The Balaban J connectivity index is 2.30. The van der Waals surface area contributed by atoms with E-state index in [1.807, 2.05) is 6.07 Å². The van der Waals surface area contributed by atoms with Crippen LogP contribution >= 0.6 is 0 Å². The van der Waals surface area contributed by atoms with E-state index >= 15 is 0 Å². The van der Waals surface area contributed by atoms with Gasteiger partial charge in [-0.15, -0.1) is 0 Å². The van der Waals surface area contributed by atoms with E-state index < -0.39 is 0 Å². The van der Waals surface area contributed by atoms with E-state index in [1.54, 1.807) is 0 Å². The molecule has 0 aromatic heterocycles. The lowest BCUT2D eigenvalue weighted by atomic mass is 10.0. The molecule has 1 nitrogen and oxygen atoms in total. The molecule has 0 amide bonds. The van der Waals surface area contributed by atoms with E-state index in [2.05, 4.69) is 45.0 Å². The molecule has 0 aliphatic heterocycles. The Morgan fingerprint density at radius 1 is 1.06 bits per heavy atom. The zero-order valence-corrected chi connectivity index (χ0v) is 10.8. The molecule has 1 heteroatoms. The summed E-state index contributed by atoms with van der Waals surface area (Å²) < 4.78 is 5.96. The first-order chi connectivity index (χ1) is 7.64. The van der Waals surface area contributed by atoms with Gasteiger partial charge in [-0.1, -0.05) is 56.5 Å². The van der Waals surface area contributed by atoms with Crippen LogP contribution in [0, 0.1) is 0 Å². The van der Waals surface area contributed by atoms with Gasteiger partial charge in [-0.3, -0.25) is 0 Å². The summed E-state index contributed by atoms with van der Waals surface area (Å²) in [6, 6.07) is 10.4. The van der Waals surface area contributed by atoms with Crippen LogP contribution in [0.2, 0.25) is 0 Å². The fourth-order valence-electron chi connectivity index (χ4n) is 1.73. The number of benzene rings is 1. The highest BCUT2D eigenvalue weighted by molar-refractivity contribution is 5.13. The van der Waals surface area contributed by atoms with Gasteiger partial charge in [0.05, 0.1) is 12.2 Å². The van der Waals surface area contributed by atoms with Crippen molar-refractivity contribution in [2.24, 2.45) is 0 Å². The second-order valence-corrected chi connectivity index (χ2v) is 4.99. The zero-order chi connectivity index (χ0) is 11.9. The molecule has 0 aliphatic rings. The van der Waals surface area contributed by atoms with Crippen LogP contribution < -0.4 is 0 Å². The molecule has 90 valence electrons. The number of hydrogen-bond donors (Lipinski definition) is 0. The van der Waals surface area contributed by atoms with Gasteiger partial charge in [-0.05, 0) is 25.8 Å². The second kappa shape index (κ2) is 6.70. The van der Waals surface area contributed by atoms with Gasteiger partial charge in [-0.2, -0.15) is 0 Å². The maximum absolute atomic E-state index is 5.96. The molecule has 0 aliphatic carbocycles. The summed E-state index contributed by atoms with van der Waals surface area (Å²) in [5.74, 6) is 0. The molecule has 0 radical (unpaired) electrons. The predicted octanol–water partition coefficient (Wildman–Crippen LogP) is 4.56. The van der Waals surface area contributed by atoms with E-state index in [9.17, 15) is 0 Å². The second-order valence-electron chi connectivity index (χ2n) is 4.99. The van der Waals surface area contributed by atoms with Gasteiger partial charge in [0.15, 0.2) is 0 Å². The molecular weight excluding hydrogens is 196 g/mol. The fraction of sp³-hybridized carbons (Fsp3) is 0.600. The van der Waals surface area contributed by atoms with Crippen molar-refractivity contribution in [1.29, 1.82) is 0 Å². The van der Waals surface area contributed by atoms with Crippen molar-refractivity contribution in [2.45, 2.75) is 58.7 Å². The van der Waals surface area contributed by atoms with Crippen LogP contribution in [0.4, 0.5) is 0 Å². The SMILES string of the molecule is CCCCCC(C)(C)OCc1ccccc1. The monoisotopic (exact) mass is 220 g/mol. The van der Waals surface area contributed by atoms with Crippen LogP contribution in [0.1, 0.15) is 52.0 Å². The molecule has 0 N–H and O–H groups in total. The number of rotatable bonds is 7. The van der Waals surface area contributed by atoms with Gasteiger partial charge >= 0.3 is 0 Å². The smallest absolute Gasteiger partial charge is 0.0724 e. The number of ether oxygens (including phenoxy) is 1. The Morgan fingerprint density at radius 3 is 2.38 bits per heavy atom.